The zero-order valence-corrected chi connectivity index (χ0v) is 12.6. The molecule has 0 aliphatic carbocycles. The van der Waals surface area contributed by atoms with Crippen molar-refractivity contribution in [3.8, 4) is 0 Å². The third kappa shape index (κ3) is 2.99. The zero-order valence-electron chi connectivity index (χ0n) is 11.0. The van der Waals surface area contributed by atoms with Gasteiger partial charge in [0, 0.05) is 10.2 Å². The molecular weight excluding hydrogens is 322 g/mol. The van der Waals surface area contributed by atoms with Gasteiger partial charge in [0.1, 0.15) is 0 Å². The molecule has 1 unspecified atom stereocenters. The van der Waals surface area contributed by atoms with E-state index in [4.69, 9.17) is 4.74 Å². The number of nitrogens with one attached hydrogen (secondary N) is 1. The molecule has 0 spiro atoms. The van der Waals surface area contributed by atoms with Gasteiger partial charge in [0.25, 0.3) is 0 Å². The lowest BCUT2D eigenvalue weighted by molar-refractivity contribution is -0.148. The lowest BCUT2D eigenvalue weighted by Crippen LogP contribution is -2.23. The van der Waals surface area contributed by atoms with Crippen LogP contribution < -0.4 is 5.32 Å². The van der Waals surface area contributed by atoms with Crippen LogP contribution >= 0.6 is 15.9 Å². The van der Waals surface area contributed by atoms with Gasteiger partial charge in [0.15, 0.2) is 11.7 Å². The van der Waals surface area contributed by atoms with E-state index in [-0.39, 0.29) is 12.4 Å². The van der Waals surface area contributed by atoms with Crippen LogP contribution in [0.2, 0.25) is 0 Å². The second-order valence-electron chi connectivity index (χ2n) is 4.31. The number of hydrogen-bond donors (Lipinski definition) is 1. The molecule has 0 radical (unpaired) electrons. The molecule has 5 heteroatoms. The molecule has 0 saturated carbocycles. The minimum atomic E-state index is -0.948. The number of hydrogen-bond acceptors (Lipinski definition) is 4. The molecule has 0 amide bonds. The summed E-state index contributed by atoms with van der Waals surface area (Å²) in [5, 5.41) is 2.86. The Balaban J connectivity index is 2.23. The fourth-order valence-electron chi connectivity index (χ4n) is 1.93. The fraction of sp³-hybridized carbons (Fsp3) is 0.200. The van der Waals surface area contributed by atoms with Gasteiger partial charge in [-0.2, -0.15) is 0 Å². The molecular formula is C15H14BrNO3. The van der Waals surface area contributed by atoms with Gasteiger partial charge in [-0.05, 0) is 30.7 Å². The largest absolute Gasteiger partial charge is 0.465 e. The van der Waals surface area contributed by atoms with E-state index in [1.54, 1.807) is 13.0 Å². The summed E-state index contributed by atoms with van der Waals surface area (Å²) < 4.78 is 5.84. The van der Waals surface area contributed by atoms with Crippen molar-refractivity contribution in [1.29, 1.82) is 0 Å². The van der Waals surface area contributed by atoms with E-state index in [1.807, 2.05) is 24.3 Å². The maximum absolute atomic E-state index is 12.2. The first-order chi connectivity index (χ1) is 9.52. The number of ketones is 1. The molecule has 1 fully saturated rings. The Kier molecular flexibility index (Phi) is 4.39. The first-order valence-corrected chi connectivity index (χ1v) is 6.96. The van der Waals surface area contributed by atoms with Crippen molar-refractivity contribution in [2.75, 3.05) is 6.61 Å². The smallest absolute Gasteiger partial charge is 0.322 e. The van der Waals surface area contributed by atoms with Crippen LogP contribution in [-0.4, -0.2) is 18.4 Å². The summed E-state index contributed by atoms with van der Waals surface area (Å²) in [6.45, 7) is 5.65. The lowest BCUT2D eigenvalue weighted by Gasteiger charge is -2.06. The van der Waals surface area contributed by atoms with Gasteiger partial charge in [-0.15, -0.1) is 0 Å². The SMILES string of the molecule is C=C1NC(=Cc2ccc(Br)cc2)C(=O)C1C(=O)OCC. The van der Waals surface area contributed by atoms with Gasteiger partial charge in [-0.3, -0.25) is 9.59 Å². The van der Waals surface area contributed by atoms with E-state index < -0.39 is 11.9 Å². The second-order valence-corrected chi connectivity index (χ2v) is 5.22. The lowest BCUT2D eigenvalue weighted by atomic mass is 10.0. The van der Waals surface area contributed by atoms with Crippen LogP contribution in [0.3, 0.4) is 0 Å². The third-order valence-corrected chi connectivity index (χ3v) is 3.40. The van der Waals surface area contributed by atoms with Crippen molar-refractivity contribution in [1.82, 2.24) is 5.32 Å². The quantitative estimate of drug-likeness (QED) is 0.524. The van der Waals surface area contributed by atoms with Gasteiger partial charge in [0.2, 0.25) is 0 Å². The highest BCUT2D eigenvalue weighted by molar-refractivity contribution is 9.10. The molecule has 20 heavy (non-hydrogen) atoms. The van der Waals surface area contributed by atoms with Crippen LogP contribution in [0.25, 0.3) is 6.08 Å². The number of ether oxygens (including phenoxy) is 1. The van der Waals surface area contributed by atoms with E-state index in [2.05, 4.69) is 27.8 Å². The predicted molar refractivity (Wildman–Crippen MR) is 79.5 cm³/mol. The minimum Gasteiger partial charge on any atom is -0.465 e. The molecule has 1 aromatic carbocycles. The Bertz CT molecular complexity index is 590. The molecule has 2 rings (SSSR count). The summed E-state index contributed by atoms with van der Waals surface area (Å²) in [4.78, 5) is 23.9. The highest BCUT2D eigenvalue weighted by Gasteiger charge is 2.39. The molecule has 1 N–H and O–H groups in total. The molecule has 0 aromatic heterocycles. The maximum Gasteiger partial charge on any atom is 0.322 e. The molecule has 0 bridgehead atoms. The summed E-state index contributed by atoms with van der Waals surface area (Å²) in [6, 6.07) is 7.49. The van der Waals surface area contributed by atoms with Gasteiger partial charge in [0.05, 0.1) is 12.3 Å². The number of halogens is 1. The number of carbonyl (C=O) groups is 2. The standard InChI is InChI=1S/C15H14BrNO3/c1-3-20-15(19)13-9(2)17-12(14(13)18)8-10-4-6-11(16)7-5-10/h4-8,13,17H,2-3H2,1H3. The molecule has 1 atom stereocenters. The second kappa shape index (κ2) is 6.05. The van der Waals surface area contributed by atoms with Gasteiger partial charge < -0.3 is 10.1 Å². The van der Waals surface area contributed by atoms with E-state index in [1.165, 1.54) is 0 Å². The van der Waals surface area contributed by atoms with Crippen molar-refractivity contribution in [3.63, 3.8) is 0 Å². The highest BCUT2D eigenvalue weighted by atomic mass is 79.9. The Morgan fingerprint density at radius 2 is 2.10 bits per heavy atom. The van der Waals surface area contributed by atoms with Crippen LogP contribution in [-0.2, 0) is 14.3 Å². The summed E-state index contributed by atoms with van der Waals surface area (Å²) in [5.41, 5.74) is 1.58. The normalized spacial score (nSPS) is 20.1. The highest BCUT2D eigenvalue weighted by Crippen LogP contribution is 2.24. The fourth-order valence-corrected chi connectivity index (χ4v) is 2.19. The zero-order chi connectivity index (χ0) is 14.7. The number of esters is 1. The Labute approximate surface area is 125 Å². The monoisotopic (exact) mass is 335 g/mol. The Morgan fingerprint density at radius 3 is 2.70 bits per heavy atom. The van der Waals surface area contributed by atoms with E-state index in [0.717, 1.165) is 10.0 Å². The first kappa shape index (κ1) is 14.5. The molecule has 1 aliphatic rings. The van der Waals surface area contributed by atoms with Gasteiger partial charge >= 0.3 is 5.97 Å². The summed E-state index contributed by atoms with van der Waals surface area (Å²) in [5.74, 6) is -1.82. The summed E-state index contributed by atoms with van der Waals surface area (Å²) in [7, 11) is 0. The van der Waals surface area contributed by atoms with Crippen molar-refractivity contribution in [2.24, 2.45) is 5.92 Å². The van der Waals surface area contributed by atoms with Crippen LogP contribution in [0, 0.1) is 5.92 Å². The minimum absolute atomic E-state index is 0.238. The van der Waals surface area contributed by atoms with Gasteiger partial charge in [-0.25, -0.2) is 0 Å². The topological polar surface area (TPSA) is 55.4 Å². The average Bonchev–Trinajstić information content (AvgIpc) is 2.67. The van der Waals surface area contributed by atoms with E-state index >= 15 is 0 Å². The first-order valence-electron chi connectivity index (χ1n) is 6.17. The van der Waals surface area contributed by atoms with Crippen LogP contribution in [0.15, 0.2) is 46.7 Å². The molecule has 1 saturated heterocycles. The number of benzene rings is 1. The van der Waals surface area contributed by atoms with Crippen molar-refractivity contribution >= 4 is 33.8 Å². The predicted octanol–water partition coefficient (Wildman–Crippen LogP) is 2.66. The molecule has 4 nitrogen and oxygen atoms in total. The average molecular weight is 336 g/mol. The molecule has 1 aromatic rings. The molecule has 1 heterocycles. The van der Waals surface area contributed by atoms with Crippen LogP contribution in [0.4, 0.5) is 0 Å². The summed E-state index contributed by atoms with van der Waals surface area (Å²) >= 11 is 3.35. The van der Waals surface area contributed by atoms with Crippen LogP contribution in [0.1, 0.15) is 12.5 Å². The maximum atomic E-state index is 12.2. The molecule has 1 aliphatic heterocycles. The van der Waals surface area contributed by atoms with E-state index in [9.17, 15) is 9.59 Å². The van der Waals surface area contributed by atoms with Gasteiger partial charge in [-0.1, -0.05) is 34.6 Å². The van der Waals surface area contributed by atoms with Crippen molar-refractivity contribution < 1.29 is 14.3 Å². The number of carbonyl (C=O) groups excluding carboxylic acids is 2. The number of Topliss-reactive ketones (excluding diaryl/α,β-unsaturated/α-hetero) is 1. The van der Waals surface area contributed by atoms with Crippen molar-refractivity contribution in [2.45, 2.75) is 6.92 Å². The number of rotatable bonds is 3. The van der Waals surface area contributed by atoms with Crippen molar-refractivity contribution in [3.05, 3.63) is 52.3 Å². The molecule has 104 valence electrons. The third-order valence-electron chi connectivity index (χ3n) is 2.87. The summed E-state index contributed by atoms with van der Waals surface area (Å²) in [6.07, 6.45) is 1.69. The van der Waals surface area contributed by atoms with E-state index in [0.29, 0.717) is 11.4 Å². The Morgan fingerprint density at radius 1 is 1.45 bits per heavy atom. The van der Waals surface area contributed by atoms with Crippen LogP contribution in [0.5, 0.6) is 0 Å². The Hall–Kier alpha value is -1.88. The number of allylic oxidation sites excluding steroid dienone is 1.